The number of nitrogens with zero attached hydrogens (tertiary/aromatic N) is 4. The molecule has 4 rings (SSSR count). The molecule has 0 bridgehead atoms. The maximum absolute atomic E-state index is 4.18. The van der Waals surface area contributed by atoms with E-state index in [1.165, 1.54) is 17.7 Å². The Kier molecular flexibility index (Phi) is 2.92. The third-order valence-corrected chi connectivity index (χ3v) is 4.43. The summed E-state index contributed by atoms with van der Waals surface area (Å²) in [6.45, 7) is 5.11. The van der Waals surface area contributed by atoms with Gasteiger partial charge in [-0.05, 0) is 36.6 Å². The fraction of sp³-hybridized carbons (Fsp3) is 0.467. The van der Waals surface area contributed by atoms with Crippen molar-refractivity contribution in [2.75, 3.05) is 24.5 Å². The third kappa shape index (κ3) is 2.08. The summed E-state index contributed by atoms with van der Waals surface area (Å²) in [6.07, 6.45) is 3.08. The van der Waals surface area contributed by atoms with Crippen LogP contribution in [0.5, 0.6) is 0 Å². The molecule has 1 aromatic heterocycles. The second-order valence-electron chi connectivity index (χ2n) is 5.64. The van der Waals surface area contributed by atoms with E-state index in [0.29, 0.717) is 5.92 Å². The van der Waals surface area contributed by atoms with Crippen molar-refractivity contribution >= 4 is 5.69 Å². The van der Waals surface area contributed by atoms with E-state index in [4.69, 9.17) is 0 Å². The van der Waals surface area contributed by atoms with Crippen LogP contribution in [0.1, 0.15) is 23.7 Å². The van der Waals surface area contributed by atoms with Gasteiger partial charge in [0.25, 0.3) is 0 Å². The lowest BCUT2D eigenvalue weighted by molar-refractivity contribution is 0.560. The van der Waals surface area contributed by atoms with Gasteiger partial charge in [0, 0.05) is 25.3 Å². The first-order valence-electron chi connectivity index (χ1n) is 7.32. The normalized spacial score (nSPS) is 22.0. The molecule has 1 fully saturated rings. The van der Waals surface area contributed by atoms with Crippen LogP contribution in [0.25, 0.3) is 0 Å². The zero-order chi connectivity index (χ0) is 13.4. The monoisotopic (exact) mass is 269 g/mol. The summed E-state index contributed by atoms with van der Waals surface area (Å²) in [7, 11) is 0. The number of rotatable bonds is 2. The van der Waals surface area contributed by atoms with Crippen LogP contribution in [0.15, 0.2) is 30.6 Å². The molecular weight excluding hydrogens is 250 g/mol. The van der Waals surface area contributed by atoms with Crippen molar-refractivity contribution in [3.63, 3.8) is 0 Å². The standard InChI is InChI=1S/C15H19N5/c1-3-14(4-2-12(1)13-5-6-16-9-13)19-7-8-20-11-17-18-15(20)10-19/h1-4,11,13,16H,5-10H2. The van der Waals surface area contributed by atoms with E-state index in [-0.39, 0.29) is 0 Å². The van der Waals surface area contributed by atoms with E-state index in [2.05, 4.69) is 49.2 Å². The average molecular weight is 269 g/mol. The second kappa shape index (κ2) is 4.90. The Hall–Kier alpha value is -1.88. The molecule has 0 amide bonds. The van der Waals surface area contributed by atoms with Crippen LogP contribution >= 0.6 is 0 Å². The molecule has 1 unspecified atom stereocenters. The van der Waals surface area contributed by atoms with E-state index >= 15 is 0 Å². The number of aromatic nitrogens is 3. The Morgan fingerprint density at radius 2 is 2.05 bits per heavy atom. The van der Waals surface area contributed by atoms with Gasteiger partial charge in [-0.25, -0.2) is 0 Å². The van der Waals surface area contributed by atoms with Crippen molar-refractivity contribution in [3.8, 4) is 0 Å². The molecule has 2 aliphatic rings. The maximum atomic E-state index is 4.18. The quantitative estimate of drug-likeness (QED) is 0.894. The van der Waals surface area contributed by atoms with Crippen LogP contribution < -0.4 is 10.2 Å². The number of fused-ring (bicyclic) bond motifs is 1. The van der Waals surface area contributed by atoms with Gasteiger partial charge in [0.05, 0.1) is 6.54 Å². The molecule has 0 saturated carbocycles. The van der Waals surface area contributed by atoms with Gasteiger partial charge in [0.15, 0.2) is 5.82 Å². The molecule has 1 saturated heterocycles. The van der Waals surface area contributed by atoms with Crippen LogP contribution in [-0.2, 0) is 13.1 Å². The molecule has 2 aliphatic heterocycles. The van der Waals surface area contributed by atoms with Crippen molar-refractivity contribution in [1.82, 2.24) is 20.1 Å². The van der Waals surface area contributed by atoms with E-state index in [9.17, 15) is 0 Å². The number of hydrogen-bond acceptors (Lipinski definition) is 4. The minimum absolute atomic E-state index is 0.688. The number of anilines is 1. The Labute approximate surface area is 118 Å². The van der Waals surface area contributed by atoms with Gasteiger partial charge in [0.1, 0.15) is 6.33 Å². The molecule has 5 heteroatoms. The minimum atomic E-state index is 0.688. The highest BCUT2D eigenvalue weighted by Crippen LogP contribution is 2.26. The molecule has 0 aliphatic carbocycles. The summed E-state index contributed by atoms with van der Waals surface area (Å²) in [4.78, 5) is 2.38. The Bertz CT molecular complexity index is 583. The van der Waals surface area contributed by atoms with Crippen molar-refractivity contribution in [2.24, 2.45) is 0 Å². The number of nitrogens with one attached hydrogen (secondary N) is 1. The first kappa shape index (κ1) is 11.9. The van der Waals surface area contributed by atoms with Gasteiger partial charge in [-0.1, -0.05) is 12.1 Å². The van der Waals surface area contributed by atoms with Crippen LogP contribution in [-0.4, -0.2) is 34.4 Å². The minimum Gasteiger partial charge on any atom is -0.362 e. The molecule has 5 nitrogen and oxygen atoms in total. The van der Waals surface area contributed by atoms with Gasteiger partial charge in [-0.2, -0.15) is 0 Å². The molecular formula is C15H19N5. The Balaban J connectivity index is 1.52. The van der Waals surface area contributed by atoms with E-state index in [0.717, 1.165) is 38.5 Å². The molecule has 1 atom stereocenters. The first-order valence-corrected chi connectivity index (χ1v) is 7.32. The van der Waals surface area contributed by atoms with Gasteiger partial charge < -0.3 is 14.8 Å². The third-order valence-electron chi connectivity index (χ3n) is 4.43. The molecule has 20 heavy (non-hydrogen) atoms. The van der Waals surface area contributed by atoms with Gasteiger partial charge in [-0.15, -0.1) is 10.2 Å². The maximum Gasteiger partial charge on any atom is 0.152 e. The van der Waals surface area contributed by atoms with Gasteiger partial charge in [-0.3, -0.25) is 0 Å². The Morgan fingerprint density at radius 1 is 1.15 bits per heavy atom. The van der Waals surface area contributed by atoms with Crippen LogP contribution in [0, 0.1) is 0 Å². The van der Waals surface area contributed by atoms with Crippen LogP contribution in [0.4, 0.5) is 5.69 Å². The molecule has 1 N–H and O–H groups in total. The fourth-order valence-corrected chi connectivity index (χ4v) is 3.18. The highest BCUT2D eigenvalue weighted by molar-refractivity contribution is 5.48. The topological polar surface area (TPSA) is 46.0 Å². The lowest BCUT2D eigenvalue weighted by Crippen LogP contribution is -2.33. The predicted octanol–water partition coefficient (Wildman–Crippen LogP) is 1.38. The summed E-state index contributed by atoms with van der Waals surface area (Å²) in [5.41, 5.74) is 2.74. The zero-order valence-electron chi connectivity index (χ0n) is 11.5. The summed E-state index contributed by atoms with van der Waals surface area (Å²) < 4.78 is 2.13. The SMILES string of the molecule is c1cc(N2CCn3cnnc3C2)ccc1C1CCNC1. The summed E-state index contributed by atoms with van der Waals surface area (Å²) in [5.74, 6) is 1.74. The molecule has 3 heterocycles. The van der Waals surface area contributed by atoms with Gasteiger partial charge in [0.2, 0.25) is 0 Å². The lowest BCUT2D eigenvalue weighted by atomic mass is 9.98. The molecule has 104 valence electrons. The number of benzene rings is 1. The van der Waals surface area contributed by atoms with Crippen molar-refractivity contribution in [3.05, 3.63) is 42.0 Å². The van der Waals surface area contributed by atoms with Crippen molar-refractivity contribution in [1.29, 1.82) is 0 Å². The van der Waals surface area contributed by atoms with E-state index < -0.39 is 0 Å². The highest BCUT2D eigenvalue weighted by atomic mass is 15.3. The zero-order valence-corrected chi connectivity index (χ0v) is 11.5. The molecule has 1 aromatic carbocycles. The van der Waals surface area contributed by atoms with Gasteiger partial charge >= 0.3 is 0 Å². The average Bonchev–Trinajstić information content (AvgIpc) is 3.18. The molecule has 0 radical (unpaired) electrons. The highest BCUT2D eigenvalue weighted by Gasteiger charge is 2.19. The summed E-state index contributed by atoms with van der Waals surface area (Å²) in [6, 6.07) is 9.07. The first-order chi connectivity index (χ1) is 9.90. The number of hydrogen-bond donors (Lipinski definition) is 1. The summed E-state index contributed by atoms with van der Waals surface area (Å²) in [5, 5.41) is 11.6. The van der Waals surface area contributed by atoms with Crippen molar-refractivity contribution in [2.45, 2.75) is 25.4 Å². The molecule has 2 aromatic rings. The predicted molar refractivity (Wildman–Crippen MR) is 77.7 cm³/mol. The lowest BCUT2D eigenvalue weighted by Gasteiger charge is -2.29. The van der Waals surface area contributed by atoms with Crippen molar-refractivity contribution < 1.29 is 0 Å². The van der Waals surface area contributed by atoms with Crippen LogP contribution in [0.3, 0.4) is 0 Å². The van der Waals surface area contributed by atoms with E-state index in [1.54, 1.807) is 0 Å². The smallest absolute Gasteiger partial charge is 0.152 e. The Morgan fingerprint density at radius 3 is 2.85 bits per heavy atom. The molecule has 0 spiro atoms. The summed E-state index contributed by atoms with van der Waals surface area (Å²) >= 11 is 0. The second-order valence-corrected chi connectivity index (χ2v) is 5.64. The fourth-order valence-electron chi connectivity index (χ4n) is 3.18. The largest absolute Gasteiger partial charge is 0.362 e. The van der Waals surface area contributed by atoms with Crippen LogP contribution in [0.2, 0.25) is 0 Å². The van der Waals surface area contributed by atoms with E-state index in [1.807, 2.05) is 6.33 Å².